The highest BCUT2D eigenvalue weighted by molar-refractivity contribution is 9.10. The highest BCUT2D eigenvalue weighted by atomic mass is 79.9. The van der Waals surface area contributed by atoms with Crippen molar-refractivity contribution in [2.45, 2.75) is 39.2 Å². The fourth-order valence-corrected chi connectivity index (χ4v) is 5.55. The Balaban J connectivity index is 1.52. The van der Waals surface area contributed by atoms with Crippen molar-refractivity contribution < 1.29 is 14.4 Å². The molecule has 178 valence electrons. The zero-order valence-corrected chi connectivity index (χ0v) is 21.1. The molecule has 2 fully saturated rings. The average molecular weight is 518 g/mol. The number of hydrogen-bond acceptors (Lipinski definition) is 5. The summed E-state index contributed by atoms with van der Waals surface area (Å²) in [6, 6.07) is 4.76. The number of likely N-dealkylation sites (tertiary alicyclic amines) is 2. The van der Waals surface area contributed by atoms with Crippen LogP contribution in [0.15, 0.2) is 27.7 Å². The first kappa shape index (κ1) is 23.7. The minimum Gasteiger partial charge on any atom is -0.354 e. The summed E-state index contributed by atoms with van der Waals surface area (Å²) in [5.41, 5.74) is 0.948. The van der Waals surface area contributed by atoms with E-state index >= 15 is 0 Å². The summed E-state index contributed by atoms with van der Waals surface area (Å²) in [5, 5.41) is 2.95. The van der Waals surface area contributed by atoms with Crippen molar-refractivity contribution in [1.29, 1.82) is 0 Å². The quantitative estimate of drug-likeness (QED) is 0.665. The molecular weight excluding hydrogens is 486 g/mol. The molecule has 0 unspecified atom stereocenters. The minimum atomic E-state index is -0.573. The van der Waals surface area contributed by atoms with Crippen molar-refractivity contribution in [2.75, 3.05) is 45.1 Å². The van der Waals surface area contributed by atoms with E-state index in [0.29, 0.717) is 68.1 Å². The Labute approximate surface area is 203 Å². The van der Waals surface area contributed by atoms with Crippen LogP contribution < -0.4 is 5.32 Å². The van der Waals surface area contributed by atoms with Gasteiger partial charge in [-0.1, -0.05) is 29.8 Å². The van der Waals surface area contributed by atoms with Crippen LogP contribution in [0.3, 0.4) is 0 Å². The smallest absolute Gasteiger partial charge is 0.289 e. The zero-order valence-electron chi connectivity index (χ0n) is 19.5. The second kappa shape index (κ2) is 9.83. The van der Waals surface area contributed by atoms with Crippen molar-refractivity contribution in [3.8, 4) is 0 Å². The first-order valence-electron chi connectivity index (χ1n) is 11.7. The van der Waals surface area contributed by atoms with E-state index < -0.39 is 6.04 Å². The van der Waals surface area contributed by atoms with Crippen molar-refractivity contribution in [3.63, 3.8) is 0 Å². The van der Waals surface area contributed by atoms with Crippen molar-refractivity contribution >= 4 is 45.2 Å². The number of likely N-dealkylation sites (N-methyl/N-ethyl adjacent to an activating group) is 1. The number of halogens is 1. The molecule has 1 N–H and O–H groups in total. The molecule has 33 heavy (non-hydrogen) atoms. The minimum absolute atomic E-state index is 0.0775. The van der Waals surface area contributed by atoms with Crippen molar-refractivity contribution in [3.05, 3.63) is 28.2 Å². The molecule has 0 saturated carbocycles. The Morgan fingerprint density at radius 3 is 2.48 bits per heavy atom. The highest BCUT2D eigenvalue weighted by Crippen LogP contribution is 2.28. The van der Waals surface area contributed by atoms with Gasteiger partial charge in [0.25, 0.3) is 11.8 Å². The molecule has 3 atom stereocenters. The van der Waals surface area contributed by atoms with E-state index in [9.17, 15) is 14.4 Å². The van der Waals surface area contributed by atoms with Crippen LogP contribution in [0.1, 0.15) is 43.5 Å². The molecule has 2 saturated heterocycles. The molecule has 0 aliphatic carbocycles. The Hall–Kier alpha value is -2.42. The van der Waals surface area contributed by atoms with Crippen LogP contribution in [0.4, 0.5) is 5.69 Å². The maximum absolute atomic E-state index is 13.4. The van der Waals surface area contributed by atoms with Gasteiger partial charge >= 0.3 is 0 Å². The van der Waals surface area contributed by atoms with Gasteiger partial charge in [-0.15, -0.1) is 0 Å². The Morgan fingerprint density at radius 1 is 1.09 bits per heavy atom. The highest BCUT2D eigenvalue weighted by Gasteiger charge is 2.38. The summed E-state index contributed by atoms with van der Waals surface area (Å²) in [6.07, 6.45) is 2.46. The molecule has 0 bridgehead atoms. The van der Waals surface area contributed by atoms with Gasteiger partial charge in [0.15, 0.2) is 5.84 Å². The number of carbonyl (C=O) groups excluding carboxylic acids is 3. The molecule has 0 spiro atoms. The summed E-state index contributed by atoms with van der Waals surface area (Å²) in [6.45, 7) is 7.59. The van der Waals surface area contributed by atoms with Crippen LogP contribution in [0.5, 0.6) is 0 Å². The second-order valence-corrected chi connectivity index (χ2v) is 10.5. The molecule has 1 aromatic carbocycles. The van der Waals surface area contributed by atoms with Crippen LogP contribution in [-0.4, -0.2) is 84.1 Å². The predicted molar refractivity (Wildman–Crippen MR) is 131 cm³/mol. The van der Waals surface area contributed by atoms with Crippen LogP contribution in [-0.2, 0) is 9.59 Å². The number of benzene rings is 1. The predicted octanol–water partition coefficient (Wildman–Crippen LogP) is 2.84. The summed E-state index contributed by atoms with van der Waals surface area (Å²) in [5.74, 6) is 0.763. The van der Waals surface area contributed by atoms with Crippen molar-refractivity contribution in [1.82, 2.24) is 14.7 Å². The van der Waals surface area contributed by atoms with Crippen LogP contribution in [0.2, 0.25) is 0 Å². The van der Waals surface area contributed by atoms with Gasteiger partial charge in [0.1, 0.15) is 6.04 Å². The molecule has 9 heteroatoms. The third kappa shape index (κ3) is 5.08. The Morgan fingerprint density at radius 2 is 1.82 bits per heavy atom. The van der Waals surface area contributed by atoms with Crippen molar-refractivity contribution in [2.24, 2.45) is 16.8 Å². The van der Waals surface area contributed by atoms with E-state index in [4.69, 9.17) is 0 Å². The van der Waals surface area contributed by atoms with Gasteiger partial charge in [0.05, 0.1) is 17.8 Å². The van der Waals surface area contributed by atoms with Crippen LogP contribution in [0.25, 0.3) is 0 Å². The molecule has 3 amide bonds. The van der Waals surface area contributed by atoms with Gasteiger partial charge in [-0.2, -0.15) is 0 Å². The normalized spacial score (nSPS) is 25.3. The van der Waals surface area contributed by atoms with Crippen LogP contribution in [0, 0.1) is 11.8 Å². The first-order valence-corrected chi connectivity index (χ1v) is 12.5. The molecule has 3 aliphatic rings. The molecular formula is C24H32BrN5O3. The van der Waals surface area contributed by atoms with E-state index in [1.54, 1.807) is 17.0 Å². The number of nitrogens with zero attached hydrogens (tertiary/aromatic N) is 4. The number of amidine groups is 1. The lowest BCUT2D eigenvalue weighted by Crippen LogP contribution is -2.48. The molecule has 3 aliphatic heterocycles. The van der Waals surface area contributed by atoms with Gasteiger partial charge in [-0.05, 0) is 49.3 Å². The number of anilines is 1. The largest absolute Gasteiger partial charge is 0.354 e. The van der Waals surface area contributed by atoms with Gasteiger partial charge in [0, 0.05) is 37.7 Å². The molecule has 0 radical (unpaired) electrons. The van der Waals surface area contributed by atoms with Gasteiger partial charge in [-0.3, -0.25) is 19.4 Å². The molecule has 4 rings (SSSR count). The van der Waals surface area contributed by atoms with Gasteiger partial charge in [0.2, 0.25) is 5.91 Å². The maximum Gasteiger partial charge on any atom is 0.289 e. The third-order valence-electron chi connectivity index (χ3n) is 6.69. The summed E-state index contributed by atoms with van der Waals surface area (Å²) in [4.78, 5) is 49.4. The topological polar surface area (TPSA) is 85.3 Å². The molecule has 1 aromatic rings. The summed E-state index contributed by atoms with van der Waals surface area (Å²) < 4.78 is 0.780. The lowest BCUT2D eigenvalue weighted by molar-refractivity contribution is -0.131. The fourth-order valence-electron chi connectivity index (χ4n) is 5.19. The third-order valence-corrected chi connectivity index (χ3v) is 7.19. The Bertz CT molecular complexity index is 971. The number of carbonyl (C=O) groups is 3. The second-order valence-electron chi connectivity index (χ2n) is 9.62. The first-order chi connectivity index (χ1) is 15.7. The number of amides is 3. The number of piperidine rings is 1. The van der Waals surface area contributed by atoms with Gasteiger partial charge in [-0.25, -0.2) is 0 Å². The number of aliphatic imine (C=N–C) groups is 1. The number of hydrogen-bond donors (Lipinski definition) is 1. The monoisotopic (exact) mass is 517 g/mol. The SMILES string of the molecule is C[C@@H]1C[C@H](C)CN(C(=O)c2cc(Br)ccc2NC(=O)[C@@H]2CCCN2C(=O)C2=NCCN2C)C1. The van der Waals surface area contributed by atoms with E-state index in [1.165, 1.54) is 0 Å². The maximum atomic E-state index is 13.4. The zero-order chi connectivity index (χ0) is 23.7. The molecule has 0 aromatic heterocycles. The van der Waals surface area contributed by atoms with E-state index in [1.807, 2.05) is 22.9 Å². The van der Waals surface area contributed by atoms with Gasteiger partial charge < -0.3 is 20.0 Å². The Kier molecular flexibility index (Phi) is 7.07. The summed E-state index contributed by atoms with van der Waals surface area (Å²) >= 11 is 3.46. The molecule has 8 nitrogen and oxygen atoms in total. The number of rotatable bonds is 4. The van der Waals surface area contributed by atoms with E-state index in [-0.39, 0.29) is 17.7 Å². The number of nitrogens with one attached hydrogen (secondary N) is 1. The standard InChI is InChI=1S/C24H32BrN5O3/c1-15-11-16(2)14-29(13-15)23(32)18-12-17(25)6-7-19(18)27-22(31)20-5-4-9-30(20)24(33)21-26-8-10-28(21)3/h6-7,12,15-16,20H,4-5,8-11,13-14H2,1-3H3,(H,27,31)/t15-,16+,20-/m0/s1. The lowest BCUT2D eigenvalue weighted by Gasteiger charge is -2.35. The molecule has 3 heterocycles. The lowest BCUT2D eigenvalue weighted by atomic mass is 9.91. The average Bonchev–Trinajstić information content (AvgIpc) is 3.42. The fraction of sp³-hybridized carbons (Fsp3) is 0.583. The van der Waals surface area contributed by atoms with E-state index in [2.05, 4.69) is 40.1 Å². The summed E-state index contributed by atoms with van der Waals surface area (Å²) in [7, 11) is 1.84. The van der Waals surface area contributed by atoms with Crippen LogP contribution >= 0.6 is 15.9 Å². The van der Waals surface area contributed by atoms with E-state index in [0.717, 1.165) is 17.3 Å².